The van der Waals surface area contributed by atoms with E-state index in [-0.39, 0.29) is 16.6 Å². The van der Waals surface area contributed by atoms with Gasteiger partial charge in [0.1, 0.15) is 0 Å². The van der Waals surface area contributed by atoms with Gasteiger partial charge in [-0.3, -0.25) is 14.3 Å². The smallest absolute Gasteiger partial charge is 0.261 e. The molecule has 1 amide bonds. The van der Waals surface area contributed by atoms with E-state index in [0.717, 1.165) is 10.3 Å². The molecule has 2 N–H and O–H groups in total. The molecule has 9 heteroatoms. The molecular weight excluding hydrogens is 386 g/mol. The number of carbonyl (C=O) groups excluding carboxylic acids is 2. The number of ketones is 1. The van der Waals surface area contributed by atoms with Crippen molar-refractivity contribution in [2.45, 2.75) is 25.7 Å². The highest BCUT2D eigenvalue weighted by molar-refractivity contribution is 7.92. The number of fused-ring (bicyclic) bond motifs is 1. The molecule has 3 aromatic rings. The molecule has 1 heterocycles. The average molecular weight is 403 g/mol. The number of aryl methyl sites for hydroxylation is 1. The summed E-state index contributed by atoms with van der Waals surface area (Å²) >= 11 is 1.27. The van der Waals surface area contributed by atoms with Gasteiger partial charge < -0.3 is 5.32 Å². The minimum Gasteiger partial charge on any atom is -0.302 e. The van der Waals surface area contributed by atoms with Crippen LogP contribution < -0.4 is 10.0 Å². The Morgan fingerprint density at radius 3 is 2.33 bits per heavy atom. The van der Waals surface area contributed by atoms with Gasteiger partial charge in [0.25, 0.3) is 10.0 Å². The largest absolute Gasteiger partial charge is 0.302 e. The second-order valence-corrected chi connectivity index (χ2v) is 8.74. The Kier molecular flexibility index (Phi) is 4.99. The number of thiazole rings is 1. The van der Waals surface area contributed by atoms with Crippen LogP contribution >= 0.6 is 11.3 Å². The topological polar surface area (TPSA) is 105 Å². The van der Waals surface area contributed by atoms with Crippen LogP contribution in [0.3, 0.4) is 0 Å². The zero-order valence-electron chi connectivity index (χ0n) is 14.9. The number of carbonyl (C=O) groups is 2. The summed E-state index contributed by atoms with van der Waals surface area (Å²) in [5, 5.41) is 3.09. The summed E-state index contributed by atoms with van der Waals surface area (Å²) in [6.07, 6.45) is 0. The van der Waals surface area contributed by atoms with Gasteiger partial charge in [0.15, 0.2) is 10.9 Å². The lowest BCUT2D eigenvalue weighted by atomic mass is 10.2. The lowest BCUT2D eigenvalue weighted by Gasteiger charge is -2.09. The molecule has 0 fully saturated rings. The van der Waals surface area contributed by atoms with Gasteiger partial charge in [0.05, 0.1) is 20.8 Å². The van der Waals surface area contributed by atoms with Crippen LogP contribution in [0, 0.1) is 6.92 Å². The van der Waals surface area contributed by atoms with Crippen molar-refractivity contribution in [1.29, 1.82) is 0 Å². The van der Waals surface area contributed by atoms with Gasteiger partial charge in [0.2, 0.25) is 5.91 Å². The van der Waals surface area contributed by atoms with Crippen molar-refractivity contribution in [3.63, 3.8) is 0 Å². The zero-order chi connectivity index (χ0) is 19.8. The number of rotatable bonds is 5. The Morgan fingerprint density at radius 1 is 1.07 bits per heavy atom. The predicted molar refractivity (Wildman–Crippen MR) is 106 cm³/mol. The molecule has 0 unspecified atom stereocenters. The molecule has 140 valence electrons. The summed E-state index contributed by atoms with van der Waals surface area (Å²) in [6, 6.07) is 9.11. The molecule has 0 aliphatic rings. The number of anilines is 2. The van der Waals surface area contributed by atoms with E-state index in [1.54, 1.807) is 12.1 Å². The van der Waals surface area contributed by atoms with Crippen molar-refractivity contribution in [1.82, 2.24) is 4.98 Å². The van der Waals surface area contributed by atoms with Crippen molar-refractivity contribution >= 4 is 54.1 Å². The molecule has 3 rings (SSSR count). The summed E-state index contributed by atoms with van der Waals surface area (Å²) in [4.78, 5) is 26.9. The molecule has 1 aromatic heterocycles. The third-order valence-electron chi connectivity index (χ3n) is 3.79. The van der Waals surface area contributed by atoms with Crippen molar-refractivity contribution in [3.05, 3.63) is 47.5 Å². The maximum atomic E-state index is 12.6. The third-order valence-corrected chi connectivity index (χ3v) is 6.11. The van der Waals surface area contributed by atoms with Gasteiger partial charge >= 0.3 is 0 Å². The van der Waals surface area contributed by atoms with Crippen LogP contribution in [-0.4, -0.2) is 25.1 Å². The van der Waals surface area contributed by atoms with Crippen molar-refractivity contribution in [3.8, 4) is 0 Å². The second-order valence-electron chi connectivity index (χ2n) is 6.03. The summed E-state index contributed by atoms with van der Waals surface area (Å²) in [5.74, 6) is -0.352. The Morgan fingerprint density at radius 2 is 1.74 bits per heavy atom. The molecule has 0 saturated carbocycles. The average Bonchev–Trinajstić information content (AvgIpc) is 2.96. The number of aromatic nitrogens is 1. The van der Waals surface area contributed by atoms with E-state index >= 15 is 0 Å². The number of hydrogen-bond donors (Lipinski definition) is 2. The van der Waals surface area contributed by atoms with E-state index in [1.165, 1.54) is 49.4 Å². The molecule has 27 heavy (non-hydrogen) atoms. The highest BCUT2D eigenvalue weighted by atomic mass is 32.2. The van der Waals surface area contributed by atoms with Gasteiger partial charge in [-0.1, -0.05) is 23.5 Å². The summed E-state index contributed by atoms with van der Waals surface area (Å²) in [5.41, 5.74) is 2.33. The van der Waals surface area contributed by atoms with Crippen LogP contribution in [0.5, 0.6) is 0 Å². The number of amides is 1. The highest BCUT2D eigenvalue weighted by Gasteiger charge is 2.16. The van der Waals surface area contributed by atoms with Gasteiger partial charge in [-0.25, -0.2) is 13.4 Å². The fourth-order valence-corrected chi connectivity index (χ4v) is 4.61. The van der Waals surface area contributed by atoms with Gasteiger partial charge in [-0.15, -0.1) is 0 Å². The SMILES string of the molecule is CC(=O)Nc1nc2c(C)cc(NS(=O)(=O)c3ccc(C(C)=O)cc3)cc2s1. The van der Waals surface area contributed by atoms with Crippen LogP contribution in [0.15, 0.2) is 41.3 Å². The van der Waals surface area contributed by atoms with Crippen molar-refractivity contribution < 1.29 is 18.0 Å². The van der Waals surface area contributed by atoms with Gasteiger partial charge in [0, 0.05) is 12.5 Å². The number of hydrogen-bond acceptors (Lipinski definition) is 6. The zero-order valence-corrected chi connectivity index (χ0v) is 16.5. The fraction of sp³-hybridized carbons (Fsp3) is 0.167. The highest BCUT2D eigenvalue weighted by Crippen LogP contribution is 2.32. The predicted octanol–water partition coefficient (Wildman–Crippen LogP) is 3.57. The molecule has 0 aliphatic heterocycles. The Hall–Kier alpha value is -2.78. The Bertz CT molecular complexity index is 1150. The number of Topliss-reactive ketones (excluding diaryl/α,β-unsaturated/α-hetero) is 1. The van der Waals surface area contributed by atoms with E-state index in [4.69, 9.17) is 0 Å². The van der Waals surface area contributed by atoms with Crippen LogP contribution in [-0.2, 0) is 14.8 Å². The lowest BCUT2D eigenvalue weighted by molar-refractivity contribution is -0.114. The standard InChI is InChI=1S/C18H17N3O4S2/c1-10-8-14(9-16-17(10)20-18(26-16)19-12(3)23)21-27(24,25)15-6-4-13(5-7-15)11(2)22/h4-9,21H,1-3H3,(H,19,20,23). The molecule has 0 saturated heterocycles. The number of nitrogens with zero attached hydrogens (tertiary/aromatic N) is 1. The molecule has 0 radical (unpaired) electrons. The van der Waals surface area contributed by atoms with E-state index in [2.05, 4.69) is 15.0 Å². The quantitative estimate of drug-likeness (QED) is 0.634. The van der Waals surface area contributed by atoms with Gasteiger partial charge in [-0.05, 0) is 43.7 Å². The van der Waals surface area contributed by atoms with Gasteiger partial charge in [-0.2, -0.15) is 0 Å². The first-order valence-corrected chi connectivity index (χ1v) is 10.3. The van der Waals surface area contributed by atoms with E-state index in [9.17, 15) is 18.0 Å². The number of sulfonamides is 1. The first-order chi connectivity index (χ1) is 12.7. The lowest BCUT2D eigenvalue weighted by Crippen LogP contribution is -2.13. The van der Waals surface area contributed by atoms with Crippen molar-refractivity contribution in [2.24, 2.45) is 0 Å². The summed E-state index contributed by atoms with van der Waals surface area (Å²) < 4.78 is 28.5. The third kappa shape index (κ3) is 4.15. The first kappa shape index (κ1) is 19.0. The first-order valence-electron chi connectivity index (χ1n) is 7.98. The Labute approximate surface area is 160 Å². The number of nitrogens with one attached hydrogen (secondary N) is 2. The second kappa shape index (κ2) is 7.09. The summed E-state index contributed by atoms with van der Waals surface area (Å²) in [7, 11) is -3.80. The maximum absolute atomic E-state index is 12.6. The molecule has 0 aliphatic carbocycles. The molecule has 0 bridgehead atoms. The van der Waals surface area contributed by atoms with E-state index in [0.29, 0.717) is 21.9 Å². The van der Waals surface area contributed by atoms with E-state index < -0.39 is 10.0 Å². The fourth-order valence-electron chi connectivity index (χ4n) is 2.54. The molecular formula is C18H17N3O4S2. The number of benzene rings is 2. The minimum absolute atomic E-state index is 0.0634. The molecule has 2 aromatic carbocycles. The van der Waals surface area contributed by atoms with Crippen molar-refractivity contribution in [2.75, 3.05) is 10.0 Å². The normalized spacial score (nSPS) is 11.4. The van der Waals surface area contributed by atoms with E-state index in [1.807, 2.05) is 6.92 Å². The van der Waals surface area contributed by atoms with Crippen LogP contribution in [0.2, 0.25) is 0 Å². The Balaban J connectivity index is 1.92. The monoisotopic (exact) mass is 403 g/mol. The molecule has 7 nitrogen and oxygen atoms in total. The molecule has 0 atom stereocenters. The summed E-state index contributed by atoms with van der Waals surface area (Å²) in [6.45, 7) is 4.64. The van der Waals surface area contributed by atoms with Crippen LogP contribution in [0.25, 0.3) is 10.2 Å². The molecule has 0 spiro atoms. The van der Waals surface area contributed by atoms with Crippen LogP contribution in [0.1, 0.15) is 29.8 Å². The van der Waals surface area contributed by atoms with Crippen LogP contribution in [0.4, 0.5) is 10.8 Å². The minimum atomic E-state index is -3.80. The maximum Gasteiger partial charge on any atom is 0.261 e.